The van der Waals surface area contributed by atoms with Gasteiger partial charge in [-0.05, 0) is 33.3 Å². The molecule has 7 nitrogen and oxygen atoms in total. The Morgan fingerprint density at radius 1 is 1.55 bits per heavy atom. The lowest BCUT2D eigenvalue weighted by molar-refractivity contribution is -0.140. The molecule has 7 heteroatoms. The van der Waals surface area contributed by atoms with Crippen LogP contribution in [-0.2, 0) is 16.6 Å². The van der Waals surface area contributed by atoms with E-state index in [4.69, 9.17) is 4.74 Å². The Balaban J connectivity index is 2.10. The molecule has 0 aromatic carbocycles. The van der Waals surface area contributed by atoms with Crippen molar-refractivity contribution in [3.05, 3.63) is 18.0 Å². The third-order valence-electron chi connectivity index (χ3n) is 3.16. The van der Waals surface area contributed by atoms with Crippen molar-refractivity contribution in [3.8, 4) is 0 Å². The van der Waals surface area contributed by atoms with E-state index in [0.717, 1.165) is 0 Å². The molecule has 1 amide bonds. The van der Waals surface area contributed by atoms with Gasteiger partial charge in [0.2, 0.25) is 0 Å². The Labute approximate surface area is 116 Å². The van der Waals surface area contributed by atoms with E-state index >= 15 is 0 Å². The maximum atomic E-state index is 11.8. The Hall–Kier alpha value is -2.05. The Morgan fingerprint density at radius 3 is 2.65 bits per heavy atom. The van der Waals surface area contributed by atoms with Crippen molar-refractivity contribution >= 4 is 12.1 Å². The van der Waals surface area contributed by atoms with Gasteiger partial charge < -0.3 is 15.2 Å². The van der Waals surface area contributed by atoms with Gasteiger partial charge in [0.05, 0.1) is 5.69 Å². The van der Waals surface area contributed by atoms with Crippen LogP contribution in [0.15, 0.2) is 12.3 Å². The number of aryl methyl sites for hydroxylation is 1. The SMILES string of the molecule is Cn1ccc(C2C[C@]2(NC(=O)OC(C)(C)C)C(=O)O)n1. The number of carbonyl (C=O) groups is 2. The molecule has 0 aliphatic heterocycles. The minimum Gasteiger partial charge on any atom is -0.479 e. The van der Waals surface area contributed by atoms with Gasteiger partial charge in [0.25, 0.3) is 0 Å². The summed E-state index contributed by atoms with van der Waals surface area (Å²) in [5, 5.41) is 16.0. The van der Waals surface area contributed by atoms with Crippen LogP contribution >= 0.6 is 0 Å². The first-order chi connectivity index (χ1) is 9.14. The van der Waals surface area contributed by atoms with Gasteiger partial charge in [-0.3, -0.25) is 4.68 Å². The number of carbonyl (C=O) groups excluding carboxylic acids is 1. The van der Waals surface area contributed by atoms with E-state index in [2.05, 4.69) is 10.4 Å². The minimum absolute atomic E-state index is 0.318. The van der Waals surface area contributed by atoms with Crippen LogP contribution in [-0.4, -0.2) is 38.1 Å². The van der Waals surface area contributed by atoms with Crippen LogP contribution in [0.2, 0.25) is 0 Å². The highest BCUT2D eigenvalue weighted by atomic mass is 16.6. The molecule has 1 heterocycles. The molecular formula is C13H19N3O4. The van der Waals surface area contributed by atoms with Crippen molar-refractivity contribution in [2.75, 3.05) is 0 Å². The normalized spacial score (nSPS) is 25.1. The fraction of sp³-hybridized carbons (Fsp3) is 0.615. The van der Waals surface area contributed by atoms with Crippen molar-refractivity contribution in [3.63, 3.8) is 0 Å². The number of aromatic nitrogens is 2. The van der Waals surface area contributed by atoms with Gasteiger partial charge in [-0.2, -0.15) is 5.10 Å². The summed E-state index contributed by atoms with van der Waals surface area (Å²) < 4.78 is 6.72. The van der Waals surface area contributed by atoms with Crippen LogP contribution in [0.3, 0.4) is 0 Å². The van der Waals surface area contributed by atoms with Gasteiger partial charge in [0.15, 0.2) is 0 Å². The zero-order chi connectivity index (χ0) is 15.1. The first kappa shape index (κ1) is 14.4. The summed E-state index contributed by atoms with van der Waals surface area (Å²) in [6.07, 6.45) is 1.34. The molecule has 1 aliphatic carbocycles. The molecule has 0 bridgehead atoms. The molecule has 2 atom stereocenters. The largest absolute Gasteiger partial charge is 0.479 e. The molecule has 1 aromatic rings. The standard InChI is InChI=1S/C13H19N3O4/c1-12(2,3)20-11(19)14-13(10(17)18)7-8(13)9-5-6-16(4)15-9/h5-6,8H,7H2,1-4H3,(H,14,19)(H,17,18)/t8?,13-/m1/s1. The first-order valence-corrected chi connectivity index (χ1v) is 6.38. The van der Waals surface area contributed by atoms with Crippen LogP contribution in [0.4, 0.5) is 4.79 Å². The van der Waals surface area contributed by atoms with Crippen molar-refractivity contribution in [2.24, 2.45) is 7.05 Å². The number of nitrogens with zero attached hydrogens (tertiary/aromatic N) is 2. The molecule has 20 heavy (non-hydrogen) atoms. The molecule has 1 aromatic heterocycles. The molecule has 2 rings (SSSR count). The smallest absolute Gasteiger partial charge is 0.408 e. The molecule has 1 unspecified atom stereocenters. The quantitative estimate of drug-likeness (QED) is 0.869. The highest BCUT2D eigenvalue weighted by Crippen LogP contribution is 2.51. The molecular weight excluding hydrogens is 262 g/mol. The number of aliphatic carboxylic acids is 1. The predicted molar refractivity (Wildman–Crippen MR) is 70.3 cm³/mol. The summed E-state index contributed by atoms with van der Waals surface area (Å²) in [6.45, 7) is 5.18. The lowest BCUT2D eigenvalue weighted by atomic mass is 10.1. The first-order valence-electron chi connectivity index (χ1n) is 6.38. The van der Waals surface area contributed by atoms with E-state index in [9.17, 15) is 14.7 Å². The van der Waals surface area contributed by atoms with E-state index in [-0.39, 0.29) is 5.92 Å². The summed E-state index contributed by atoms with van der Waals surface area (Å²) in [7, 11) is 1.76. The molecule has 0 spiro atoms. The second kappa shape index (κ2) is 4.50. The Kier molecular flexibility index (Phi) is 3.23. The van der Waals surface area contributed by atoms with E-state index in [1.165, 1.54) is 0 Å². The predicted octanol–water partition coefficient (Wildman–Crippen LogP) is 1.26. The van der Waals surface area contributed by atoms with E-state index < -0.39 is 23.2 Å². The molecule has 110 valence electrons. The van der Waals surface area contributed by atoms with Gasteiger partial charge in [-0.1, -0.05) is 0 Å². The lowest BCUT2D eigenvalue weighted by Crippen LogP contribution is -2.46. The second-order valence-electron chi connectivity index (χ2n) is 6.07. The zero-order valence-corrected chi connectivity index (χ0v) is 12.0. The number of carboxylic acid groups (broad SMARTS) is 1. The Bertz CT molecular complexity index is 546. The number of carboxylic acids is 1. The maximum Gasteiger partial charge on any atom is 0.408 e. The minimum atomic E-state index is -1.31. The van der Waals surface area contributed by atoms with Crippen LogP contribution in [0.25, 0.3) is 0 Å². The van der Waals surface area contributed by atoms with Gasteiger partial charge in [0, 0.05) is 19.2 Å². The number of hydrogen-bond donors (Lipinski definition) is 2. The highest BCUT2D eigenvalue weighted by molar-refractivity contribution is 5.89. The highest BCUT2D eigenvalue weighted by Gasteiger charge is 2.63. The fourth-order valence-electron chi connectivity index (χ4n) is 2.15. The van der Waals surface area contributed by atoms with Crippen molar-refractivity contribution < 1.29 is 19.4 Å². The molecule has 0 saturated heterocycles. The van der Waals surface area contributed by atoms with E-state index in [1.807, 2.05) is 0 Å². The molecule has 0 radical (unpaired) electrons. The Morgan fingerprint density at radius 2 is 2.20 bits per heavy atom. The average Bonchev–Trinajstić information content (AvgIpc) is 2.82. The summed E-state index contributed by atoms with van der Waals surface area (Å²) in [4.78, 5) is 23.2. The number of hydrogen-bond acceptors (Lipinski definition) is 4. The second-order valence-corrected chi connectivity index (χ2v) is 6.07. The van der Waals surface area contributed by atoms with Crippen LogP contribution in [0.5, 0.6) is 0 Å². The number of ether oxygens (including phenoxy) is 1. The van der Waals surface area contributed by atoms with Gasteiger partial charge >= 0.3 is 12.1 Å². The third kappa shape index (κ3) is 2.76. The van der Waals surface area contributed by atoms with Gasteiger partial charge in [0.1, 0.15) is 11.1 Å². The number of rotatable bonds is 3. The lowest BCUT2D eigenvalue weighted by Gasteiger charge is -2.22. The van der Waals surface area contributed by atoms with Crippen molar-refractivity contribution in [2.45, 2.75) is 44.2 Å². The summed E-state index contributed by atoms with van der Waals surface area (Å²) in [5.41, 5.74) is -1.32. The summed E-state index contributed by atoms with van der Waals surface area (Å²) in [5.74, 6) is -1.40. The number of nitrogens with one attached hydrogen (secondary N) is 1. The third-order valence-corrected chi connectivity index (χ3v) is 3.16. The fourth-order valence-corrected chi connectivity index (χ4v) is 2.15. The van der Waals surface area contributed by atoms with Gasteiger partial charge in [-0.15, -0.1) is 0 Å². The van der Waals surface area contributed by atoms with Crippen LogP contribution in [0.1, 0.15) is 38.8 Å². The van der Waals surface area contributed by atoms with E-state index in [1.54, 1.807) is 44.8 Å². The van der Waals surface area contributed by atoms with Gasteiger partial charge in [-0.25, -0.2) is 9.59 Å². The average molecular weight is 281 g/mol. The van der Waals surface area contributed by atoms with E-state index in [0.29, 0.717) is 12.1 Å². The summed E-state index contributed by atoms with van der Waals surface area (Å²) >= 11 is 0. The number of amides is 1. The van der Waals surface area contributed by atoms with Crippen molar-refractivity contribution in [1.82, 2.24) is 15.1 Å². The zero-order valence-electron chi connectivity index (χ0n) is 12.0. The molecule has 2 N–H and O–H groups in total. The van der Waals surface area contributed by atoms with Crippen molar-refractivity contribution in [1.29, 1.82) is 0 Å². The monoisotopic (exact) mass is 281 g/mol. The molecule has 1 aliphatic rings. The molecule has 1 fully saturated rings. The maximum absolute atomic E-state index is 11.8. The van der Waals surface area contributed by atoms with Crippen LogP contribution in [0, 0.1) is 0 Å². The van der Waals surface area contributed by atoms with Crippen LogP contribution < -0.4 is 5.32 Å². The topological polar surface area (TPSA) is 93.5 Å². The number of alkyl carbamates (subject to hydrolysis) is 1. The molecule has 1 saturated carbocycles. The summed E-state index contributed by atoms with van der Waals surface area (Å²) in [6, 6.07) is 1.76.